The molecule has 13 aromatic rings. The Kier molecular flexibility index (Phi) is 7.74. The molecule has 0 amide bonds. The normalized spacial score (nSPS) is 11.9. The number of benzene rings is 10. The molecule has 288 valence electrons. The van der Waals surface area contributed by atoms with Crippen molar-refractivity contribution in [2.45, 2.75) is 0 Å². The summed E-state index contributed by atoms with van der Waals surface area (Å²) in [7, 11) is 0. The first kappa shape index (κ1) is 34.8. The van der Waals surface area contributed by atoms with E-state index in [0.717, 1.165) is 44.3 Å². The molecule has 10 aromatic carbocycles. The zero-order chi connectivity index (χ0) is 40.7. The Bertz CT molecular complexity index is 3920. The third kappa shape index (κ3) is 5.35. The van der Waals surface area contributed by atoms with Gasteiger partial charge in [0.1, 0.15) is 0 Å². The highest BCUT2D eigenvalue weighted by atomic mass is 32.1. The number of hydrogen-bond donors (Lipinski definition) is 0. The average molecular weight is 807 g/mol. The lowest BCUT2D eigenvalue weighted by Crippen LogP contribution is -2.02. The molecule has 3 heterocycles. The Labute approximate surface area is 360 Å². The molecule has 62 heavy (non-hydrogen) atoms. The summed E-state index contributed by atoms with van der Waals surface area (Å²) in [5.41, 5.74) is 8.56. The summed E-state index contributed by atoms with van der Waals surface area (Å²) in [5, 5.41) is 12.0. The van der Waals surface area contributed by atoms with E-state index in [-0.39, 0.29) is 0 Å². The van der Waals surface area contributed by atoms with Gasteiger partial charge in [0.25, 0.3) is 0 Å². The standard InChI is InChI=1S/C57H34N4S/c1-3-15-35(16-4-1)40-24-13-26-44-48(61-49-31-29-36-17-9-10-22-41(36)53(49)47-33-38-20-7-8-21-39(38)34-50(47)61)32-30-45(52(40)44)56-58-55(37-18-5-2-6-19-37)59-57(60-56)46-27-14-25-43-42-23-11-12-28-51(42)62-54(43)46/h1-34H. The topological polar surface area (TPSA) is 43.6 Å². The molecule has 0 saturated carbocycles. The fourth-order valence-corrected chi connectivity index (χ4v) is 10.8. The summed E-state index contributed by atoms with van der Waals surface area (Å²) in [6, 6.07) is 73.9. The van der Waals surface area contributed by atoms with E-state index in [0.29, 0.717) is 17.5 Å². The number of thiophene rings is 1. The molecule has 5 heteroatoms. The minimum atomic E-state index is 0.631. The van der Waals surface area contributed by atoms with E-state index in [1.807, 2.05) is 18.2 Å². The van der Waals surface area contributed by atoms with Crippen LogP contribution in [0.2, 0.25) is 0 Å². The predicted molar refractivity (Wildman–Crippen MR) is 261 cm³/mol. The third-order valence-corrected chi connectivity index (χ3v) is 13.6. The second-order valence-electron chi connectivity index (χ2n) is 15.9. The van der Waals surface area contributed by atoms with Gasteiger partial charge in [-0.15, -0.1) is 11.3 Å². The van der Waals surface area contributed by atoms with Gasteiger partial charge in [0.2, 0.25) is 0 Å². The molecule has 0 aliphatic rings. The van der Waals surface area contributed by atoms with Gasteiger partial charge in [0.05, 0.1) is 16.7 Å². The highest BCUT2D eigenvalue weighted by Crippen LogP contribution is 2.45. The summed E-state index contributed by atoms with van der Waals surface area (Å²) in [4.78, 5) is 16.0. The molecule has 0 atom stereocenters. The molecule has 0 spiro atoms. The second-order valence-corrected chi connectivity index (χ2v) is 17.0. The van der Waals surface area contributed by atoms with Gasteiger partial charge in [0, 0.05) is 58.4 Å². The van der Waals surface area contributed by atoms with Crippen molar-refractivity contribution in [1.29, 1.82) is 0 Å². The van der Waals surface area contributed by atoms with Crippen LogP contribution in [0.3, 0.4) is 0 Å². The van der Waals surface area contributed by atoms with Crippen molar-refractivity contribution in [3.05, 3.63) is 206 Å². The smallest absolute Gasteiger partial charge is 0.165 e. The summed E-state index contributed by atoms with van der Waals surface area (Å²) < 4.78 is 4.88. The van der Waals surface area contributed by atoms with Crippen LogP contribution >= 0.6 is 11.3 Å². The zero-order valence-corrected chi connectivity index (χ0v) is 34.1. The van der Waals surface area contributed by atoms with Crippen LogP contribution in [0, 0.1) is 0 Å². The summed E-state index contributed by atoms with van der Waals surface area (Å²) in [5.74, 6) is 1.92. The molecule has 13 rings (SSSR count). The van der Waals surface area contributed by atoms with E-state index in [4.69, 9.17) is 15.0 Å². The van der Waals surface area contributed by atoms with Crippen LogP contribution in [0.25, 0.3) is 125 Å². The van der Waals surface area contributed by atoms with E-state index in [2.05, 4.69) is 193 Å². The van der Waals surface area contributed by atoms with E-state index in [9.17, 15) is 0 Å². The maximum Gasteiger partial charge on any atom is 0.165 e. The van der Waals surface area contributed by atoms with Crippen molar-refractivity contribution in [1.82, 2.24) is 19.5 Å². The highest BCUT2D eigenvalue weighted by Gasteiger charge is 2.23. The van der Waals surface area contributed by atoms with Gasteiger partial charge < -0.3 is 4.57 Å². The van der Waals surface area contributed by atoms with Crippen LogP contribution < -0.4 is 0 Å². The highest BCUT2D eigenvalue weighted by molar-refractivity contribution is 7.26. The molecule has 3 aromatic heterocycles. The average Bonchev–Trinajstić information content (AvgIpc) is 3.88. The van der Waals surface area contributed by atoms with E-state index in [1.165, 1.54) is 63.5 Å². The Morgan fingerprint density at radius 3 is 1.76 bits per heavy atom. The molecule has 0 fully saturated rings. The van der Waals surface area contributed by atoms with Crippen LogP contribution in [0.15, 0.2) is 206 Å². The molecule has 0 N–H and O–H groups in total. The van der Waals surface area contributed by atoms with Gasteiger partial charge in [-0.25, -0.2) is 15.0 Å². The summed E-state index contributed by atoms with van der Waals surface area (Å²) in [6.07, 6.45) is 0. The Balaban J connectivity index is 1.14. The second kappa shape index (κ2) is 13.8. The van der Waals surface area contributed by atoms with Gasteiger partial charge in [0.15, 0.2) is 17.5 Å². The lowest BCUT2D eigenvalue weighted by Gasteiger charge is -2.18. The van der Waals surface area contributed by atoms with Crippen molar-refractivity contribution in [2.24, 2.45) is 0 Å². The summed E-state index contributed by atoms with van der Waals surface area (Å²) in [6.45, 7) is 0. The van der Waals surface area contributed by atoms with Crippen molar-refractivity contribution in [3.8, 4) is 51.0 Å². The molecule has 0 radical (unpaired) electrons. The monoisotopic (exact) mass is 806 g/mol. The molecular weight excluding hydrogens is 773 g/mol. The van der Waals surface area contributed by atoms with Gasteiger partial charge in [-0.05, 0) is 75.1 Å². The Morgan fingerprint density at radius 2 is 0.952 bits per heavy atom. The van der Waals surface area contributed by atoms with Crippen LogP contribution in [0.5, 0.6) is 0 Å². The molecule has 0 bridgehead atoms. The van der Waals surface area contributed by atoms with Crippen molar-refractivity contribution < 1.29 is 0 Å². The van der Waals surface area contributed by atoms with Crippen LogP contribution in [-0.4, -0.2) is 19.5 Å². The minimum Gasteiger partial charge on any atom is -0.309 e. The van der Waals surface area contributed by atoms with Crippen LogP contribution in [-0.2, 0) is 0 Å². The summed E-state index contributed by atoms with van der Waals surface area (Å²) >= 11 is 1.79. The number of rotatable bonds is 5. The molecule has 4 nitrogen and oxygen atoms in total. The SMILES string of the molecule is c1ccc(-c2nc(-c3cccc4c3sc3ccccc34)nc(-c3ccc(-n4c5cc6ccccc6cc5c5c6ccccc6ccc54)c4cccc(-c5ccccc5)c34)n2)cc1. The third-order valence-electron chi connectivity index (χ3n) is 12.4. The first-order valence-electron chi connectivity index (χ1n) is 20.9. The van der Waals surface area contributed by atoms with Gasteiger partial charge >= 0.3 is 0 Å². The zero-order valence-electron chi connectivity index (χ0n) is 33.3. The fourth-order valence-electron chi connectivity index (χ4n) is 9.62. The quantitative estimate of drug-likeness (QED) is 0.174. The van der Waals surface area contributed by atoms with Gasteiger partial charge in [-0.1, -0.05) is 164 Å². The first-order chi connectivity index (χ1) is 30.7. The molecule has 0 saturated heterocycles. The Hall–Kier alpha value is -7.99. The number of fused-ring (bicyclic) bond motifs is 10. The van der Waals surface area contributed by atoms with Crippen LogP contribution in [0.4, 0.5) is 0 Å². The van der Waals surface area contributed by atoms with Crippen molar-refractivity contribution >= 4 is 85.6 Å². The first-order valence-corrected chi connectivity index (χ1v) is 21.8. The maximum atomic E-state index is 5.44. The van der Waals surface area contributed by atoms with Crippen molar-refractivity contribution in [3.63, 3.8) is 0 Å². The van der Waals surface area contributed by atoms with E-state index >= 15 is 0 Å². The van der Waals surface area contributed by atoms with Crippen molar-refractivity contribution in [2.75, 3.05) is 0 Å². The maximum absolute atomic E-state index is 5.44. The number of aromatic nitrogens is 4. The molecule has 0 unspecified atom stereocenters. The lowest BCUT2D eigenvalue weighted by atomic mass is 9.93. The molecular formula is C57H34N4S. The van der Waals surface area contributed by atoms with E-state index < -0.39 is 0 Å². The molecule has 0 aliphatic heterocycles. The minimum absolute atomic E-state index is 0.631. The Morgan fingerprint density at radius 1 is 0.339 bits per heavy atom. The lowest BCUT2D eigenvalue weighted by molar-refractivity contribution is 1.08. The predicted octanol–water partition coefficient (Wildman–Crippen LogP) is 15.5. The fraction of sp³-hybridized carbons (Fsp3) is 0. The number of hydrogen-bond acceptors (Lipinski definition) is 4. The van der Waals surface area contributed by atoms with Crippen LogP contribution in [0.1, 0.15) is 0 Å². The van der Waals surface area contributed by atoms with Gasteiger partial charge in [-0.2, -0.15) is 0 Å². The molecule has 0 aliphatic carbocycles. The largest absolute Gasteiger partial charge is 0.309 e. The van der Waals surface area contributed by atoms with Gasteiger partial charge in [-0.3, -0.25) is 0 Å². The number of nitrogens with zero attached hydrogens (tertiary/aromatic N) is 4. The van der Waals surface area contributed by atoms with E-state index in [1.54, 1.807) is 11.3 Å².